The first kappa shape index (κ1) is 30.0. The Hall–Kier alpha value is -4.48. The van der Waals surface area contributed by atoms with Crippen LogP contribution in [0, 0.1) is 6.92 Å². The number of carbonyl (C=O) groups excluding carboxylic acids is 3. The van der Waals surface area contributed by atoms with Crippen molar-refractivity contribution in [3.8, 4) is 23.0 Å². The average Bonchev–Trinajstić information content (AvgIpc) is 3.40. The molecule has 17 heteroatoms. The molecule has 3 atom stereocenters. The van der Waals surface area contributed by atoms with Gasteiger partial charge in [0.15, 0.2) is 21.6 Å². The Morgan fingerprint density at radius 3 is 2.37 bits per heavy atom. The predicted molar refractivity (Wildman–Crippen MR) is 155 cm³/mol. The number of carbonyl (C=O) groups is 4. The van der Waals surface area contributed by atoms with Crippen molar-refractivity contribution in [1.29, 1.82) is 0 Å². The minimum atomic E-state index is -1.40. The second kappa shape index (κ2) is 12.0. The number of carboxylic acids is 1. The van der Waals surface area contributed by atoms with E-state index in [2.05, 4.69) is 20.8 Å². The zero-order chi connectivity index (χ0) is 31.0. The van der Waals surface area contributed by atoms with Crippen LogP contribution in [-0.4, -0.2) is 87.2 Å². The summed E-state index contributed by atoms with van der Waals surface area (Å²) in [5.41, 5.74) is 0.333. The number of aromatic nitrogens is 2. The van der Waals surface area contributed by atoms with Crippen molar-refractivity contribution in [2.75, 3.05) is 11.5 Å². The zero-order valence-electron chi connectivity index (χ0n) is 22.0. The number of aliphatic carboxylic acids is 1. The predicted octanol–water partition coefficient (Wildman–Crippen LogP) is 1.67. The SMILES string of the molecule is Cc1nnc(SCC2=C(C(=O)O)N3C(=O)C(NC(=O)C(NC(=O)c4cc(O)c(O)c(O)c4)c4ccc(O)cc4)[C@H]3SC2)s1. The molecular weight excluding hydrogens is 623 g/mol. The van der Waals surface area contributed by atoms with Crippen LogP contribution in [0.2, 0.25) is 0 Å². The van der Waals surface area contributed by atoms with E-state index in [0.717, 1.165) is 22.0 Å². The Balaban J connectivity index is 1.34. The van der Waals surface area contributed by atoms with Crippen LogP contribution < -0.4 is 10.6 Å². The topological polar surface area (TPSA) is 223 Å². The number of nitrogens with one attached hydrogen (secondary N) is 2. The fourth-order valence-electron chi connectivity index (χ4n) is 4.43. The van der Waals surface area contributed by atoms with E-state index in [0.29, 0.717) is 15.7 Å². The standard InChI is InChI=1S/C26H23N5O9S3/c1-10-29-30-26(43-10)42-9-13-8-41-24-18(23(38)31(24)19(13)25(39)40)28-22(37)17(11-2-4-14(32)5-3-11)27-21(36)12-6-15(33)20(35)16(34)7-12/h2-7,17-18,24,32-35H,8-9H2,1H3,(H,27,36)(H,28,37)(H,39,40)/t17?,18?,24-/m1/s1. The van der Waals surface area contributed by atoms with Crippen molar-refractivity contribution in [1.82, 2.24) is 25.7 Å². The first-order valence-electron chi connectivity index (χ1n) is 12.4. The largest absolute Gasteiger partial charge is 0.508 e. The number of hydrogen-bond donors (Lipinski definition) is 7. The number of phenols is 4. The van der Waals surface area contributed by atoms with E-state index < -0.39 is 58.4 Å². The van der Waals surface area contributed by atoms with Gasteiger partial charge in [-0.2, -0.15) is 0 Å². The number of rotatable bonds is 9. The van der Waals surface area contributed by atoms with E-state index in [1.807, 2.05) is 0 Å². The summed E-state index contributed by atoms with van der Waals surface area (Å²) in [6, 6.07) is 4.63. The summed E-state index contributed by atoms with van der Waals surface area (Å²) in [7, 11) is 0. The van der Waals surface area contributed by atoms with Crippen LogP contribution in [0.15, 0.2) is 52.0 Å². The molecule has 2 aromatic carbocycles. The van der Waals surface area contributed by atoms with Crippen LogP contribution in [0.5, 0.6) is 23.0 Å². The first-order valence-corrected chi connectivity index (χ1v) is 15.3. The molecule has 1 fully saturated rings. The molecule has 0 radical (unpaired) electrons. The van der Waals surface area contributed by atoms with Crippen LogP contribution in [0.25, 0.3) is 0 Å². The van der Waals surface area contributed by atoms with Gasteiger partial charge in [-0.3, -0.25) is 19.3 Å². The Kier molecular flexibility index (Phi) is 8.38. The Labute approximate surface area is 255 Å². The minimum Gasteiger partial charge on any atom is -0.508 e. The summed E-state index contributed by atoms with van der Waals surface area (Å²) in [6.45, 7) is 1.80. The van der Waals surface area contributed by atoms with Gasteiger partial charge in [-0.25, -0.2) is 4.79 Å². The highest BCUT2D eigenvalue weighted by molar-refractivity contribution is 8.01. The monoisotopic (exact) mass is 645 g/mol. The summed E-state index contributed by atoms with van der Waals surface area (Å²) in [4.78, 5) is 53.0. The van der Waals surface area contributed by atoms with E-state index in [9.17, 15) is 44.7 Å². The average molecular weight is 646 g/mol. The fourth-order valence-corrected chi connectivity index (χ4v) is 7.73. The molecule has 3 aromatic rings. The summed E-state index contributed by atoms with van der Waals surface area (Å²) in [5.74, 6) is -5.50. The van der Waals surface area contributed by atoms with Crippen molar-refractivity contribution in [3.05, 3.63) is 63.8 Å². The molecule has 0 saturated carbocycles. The number of phenolic OH excluding ortho intramolecular Hbond substituents is 4. The molecule has 1 aromatic heterocycles. The molecule has 43 heavy (non-hydrogen) atoms. The second-order valence-electron chi connectivity index (χ2n) is 9.39. The third-order valence-corrected chi connectivity index (χ3v) is 9.92. The highest BCUT2D eigenvalue weighted by Crippen LogP contribution is 2.42. The Morgan fingerprint density at radius 1 is 1.09 bits per heavy atom. The molecule has 3 amide bonds. The lowest BCUT2D eigenvalue weighted by atomic mass is 10.0. The number of nitrogens with zero attached hydrogens (tertiary/aromatic N) is 3. The molecule has 1 saturated heterocycles. The lowest BCUT2D eigenvalue weighted by molar-refractivity contribution is -0.151. The third-order valence-electron chi connectivity index (χ3n) is 6.52. The molecule has 7 N–H and O–H groups in total. The molecule has 14 nitrogen and oxygen atoms in total. The van der Waals surface area contributed by atoms with Gasteiger partial charge in [0.2, 0.25) is 5.91 Å². The van der Waals surface area contributed by atoms with E-state index in [1.54, 1.807) is 6.92 Å². The maximum absolute atomic E-state index is 13.5. The number of aryl methyl sites for hydroxylation is 1. The van der Waals surface area contributed by atoms with Crippen molar-refractivity contribution in [2.24, 2.45) is 0 Å². The molecule has 0 aliphatic carbocycles. The second-order valence-corrected chi connectivity index (χ2v) is 12.9. The molecular formula is C26H23N5O9S3. The maximum Gasteiger partial charge on any atom is 0.352 e. The summed E-state index contributed by atoms with van der Waals surface area (Å²) < 4.78 is 0.669. The van der Waals surface area contributed by atoms with Gasteiger partial charge in [-0.1, -0.05) is 35.2 Å². The number of thioether (sulfide) groups is 2. The van der Waals surface area contributed by atoms with E-state index in [4.69, 9.17) is 0 Å². The summed E-state index contributed by atoms with van der Waals surface area (Å²) in [5, 5.41) is 61.9. The molecule has 2 unspecified atom stereocenters. The van der Waals surface area contributed by atoms with E-state index in [1.165, 1.54) is 59.1 Å². The quantitative estimate of drug-likeness (QED) is 0.100. The number of amides is 3. The van der Waals surface area contributed by atoms with E-state index in [-0.39, 0.29) is 28.3 Å². The smallest absolute Gasteiger partial charge is 0.352 e. The number of carboxylic acid groups (broad SMARTS) is 1. The molecule has 2 aliphatic heterocycles. The third kappa shape index (κ3) is 6.04. The molecule has 2 aliphatic rings. The molecule has 0 spiro atoms. The lowest BCUT2D eigenvalue weighted by Crippen LogP contribution is -2.71. The van der Waals surface area contributed by atoms with Gasteiger partial charge in [0.05, 0.1) is 0 Å². The van der Waals surface area contributed by atoms with Crippen molar-refractivity contribution in [3.63, 3.8) is 0 Å². The zero-order valence-corrected chi connectivity index (χ0v) is 24.5. The van der Waals surface area contributed by atoms with Crippen molar-refractivity contribution >= 4 is 58.6 Å². The molecule has 3 heterocycles. The number of fused-ring (bicyclic) bond motifs is 1. The lowest BCUT2D eigenvalue weighted by Gasteiger charge is -2.49. The fraction of sp³-hybridized carbons (Fsp3) is 0.231. The maximum atomic E-state index is 13.5. The van der Waals surface area contributed by atoms with Crippen LogP contribution in [0.3, 0.4) is 0 Å². The summed E-state index contributed by atoms with van der Waals surface area (Å²) >= 11 is 3.97. The van der Waals surface area contributed by atoms with Gasteiger partial charge in [0.25, 0.3) is 11.8 Å². The van der Waals surface area contributed by atoms with Gasteiger partial charge >= 0.3 is 5.97 Å². The van der Waals surface area contributed by atoms with E-state index >= 15 is 0 Å². The van der Waals surface area contributed by atoms with Gasteiger partial charge in [0, 0.05) is 17.1 Å². The number of hydrogen-bond acceptors (Lipinski definition) is 13. The molecule has 0 bridgehead atoms. The highest BCUT2D eigenvalue weighted by Gasteiger charge is 2.54. The normalized spacial score (nSPS) is 18.4. The van der Waals surface area contributed by atoms with Gasteiger partial charge in [-0.05, 0) is 42.3 Å². The van der Waals surface area contributed by atoms with Crippen LogP contribution in [0.4, 0.5) is 0 Å². The van der Waals surface area contributed by atoms with Crippen molar-refractivity contribution < 1.29 is 44.7 Å². The number of benzene rings is 2. The Morgan fingerprint density at radius 2 is 1.77 bits per heavy atom. The first-order chi connectivity index (χ1) is 20.4. The number of aromatic hydroxyl groups is 4. The van der Waals surface area contributed by atoms with Gasteiger partial charge < -0.3 is 36.2 Å². The molecule has 5 rings (SSSR count). The number of β-lactam (4-membered cyclic amide) rings is 1. The minimum absolute atomic E-state index is 0.103. The highest BCUT2D eigenvalue weighted by atomic mass is 32.2. The van der Waals surface area contributed by atoms with Crippen LogP contribution in [0.1, 0.15) is 27.0 Å². The van der Waals surface area contributed by atoms with Crippen molar-refractivity contribution in [2.45, 2.75) is 28.7 Å². The van der Waals surface area contributed by atoms with Gasteiger partial charge in [-0.15, -0.1) is 22.0 Å². The van der Waals surface area contributed by atoms with Crippen LogP contribution >= 0.6 is 34.9 Å². The Bertz CT molecular complexity index is 1640. The molecule has 224 valence electrons. The van der Waals surface area contributed by atoms with Crippen LogP contribution in [-0.2, 0) is 14.4 Å². The van der Waals surface area contributed by atoms with Gasteiger partial charge in [0.1, 0.15) is 33.9 Å². The summed E-state index contributed by atoms with van der Waals surface area (Å²) in [6.07, 6.45) is 0.